The molecule has 0 heterocycles. The first kappa shape index (κ1) is 9.30. The molecule has 0 radical (unpaired) electrons. The van der Waals surface area contributed by atoms with Gasteiger partial charge in [-0.2, -0.15) is 13.2 Å². The van der Waals surface area contributed by atoms with Gasteiger partial charge in [-0.15, -0.1) is 11.6 Å². The van der Waals surface area contributed by atoms with Gasteiger partial charge in [-0.3, -0.25) is 0 Å². The van der Waals surface area contributed by atoms with Crippen LogP contribution in [-0.4, -0.2) is 19.4 Å². The quantitative estimate of drug-likeness (QED) is 0.426. The minimum Gasteiger partial charge on any atom is -0.177 e. The van der Waals surface area contributed by atoms with Crippen molar-refractivity contribution in [2.24, 2.45) is 0 Å². The molecule has 0 spiro atoms. The highest BCUT2D eigenvalue weighted by Crippen LogP contribution is 2.28. The third-order valence-electron chi connectivity index (χ3n) is 1.10. The average molecular weight is 177 g/mol. The molecule has 0 nitrogen and oxygen atoms in total. The molecule has 56 valence electrons. The number of halogens is 4. The van der Waals surface area contributed by atoms with E-state index in [0.717, 1.165) is 0 Å². The van der Waals surface area contributed by atoms with Crippen molar-refractivity contribution in [1.82, 2.24) is 0 Å². The van der Waals surface area contributed by atoms with Crippen LogP contribution >= 0.6 is 11.6 Å². The fraction of sp³-hybridized carbons (Fsp3) is 1.00. The van der Waals surface area contributed by atoms with Crippen molar-refractivity contribution in [3.05, 3.63) is 0 Å². The Morgan fingerprint density at radius 1 is 1.33 bits per heavy atom. The van der Waals surface area contributed by atoms with E-state index in [1.807, 2.05) is 0 Å². The van der Waals surface area contributed by atoms with E-state index in [2.05, 4.69) is 0 Å². The summed E-state index contributed by atoms with van der Waals surface area (Å²) in [5, 5.41) is 0. The fourth-order valence-corrected chi connectivity index (χ4v) is 0.682. The Hall–Kier alpha value is 0.297. The molecule has 0 aliphatic carbocycles. The lowest BCUT2D eigenvalue weighted by atomic mass is 11.5. The van der Waals surface area contributed by atoms with Crippen molar-refractivity contribution in [2.75, 3.05) is 5.50 Å². The second kappa shape index (κ2) is 2.50. The van der Waals surface area contributed by atoms with Crippen LogP contribution in [0.4, 0.5) is 13.2 Å². The molecule has 0 atom stereocenters. The molecule has 0 aromatic carbocycles. The summed E-state index contributed by atoms with van der Waals surface area (Å²) in [6.45, 7) is 2.42. The topological polar surface area (TPSA) is 0 Å². The Labute approximate surface area is 58.0 Å². The largest absolute Gasteiger partial charge is 0.362 e. The lowest BCUT2D eigenvalue weighted by molar-refractivity contribution is -0.0554. The van der Waals surface area contributed by atoms with Crippen molar-refractivity contribution < 1.29 is 13.2 Å². The fourth-order valence-electron chi connectivity index (χ4n) is 0.0758. The first-order valence-electron chi connectivity index (χ1n) is 2.44. The first-order chi connectivity index (χ1) is 3.81. The van der Waals surface area contributed by atoms with E-state index in [-0.39, 0.29) is 5.50 Å². The van der Waals surface area contributed by atoms with E-state index in [4.69, 9.17) is 11.6 Å². The summed E-state index contributed by atoms with van der Waals surface area (Å²) >= 11 is 5.12. The van der Waals surface area contributed by atoms with Gasteiger partial charge in [-0.25, -0.2) is 0 Å². The number of hydrogen-bond donors (Lipinski definition) is 0. The molecule has 0 aliphatic heterocycles. The summed E-state index contributed by atoms with van der Waals surface area (Å²) < 4.78 is 35.4. The molecule has 0 aliphatic rings. The second-order valence-electron chi connectivity index (χ2n) is 2.52. The van der Waals surface area contributed by atoms with Crippen molar-refractivity contribution in [3.63, 3.8) is 0 Å². The van der Waals surface area contributed by atoms with Crippen molar-refractivity contribution in [2.45, 2.75) is 18.9 Å². The maximum atomic E-state index is 11.8. The van der Waals surface area contributed by atoms with Crippen molar-refractivity contribution >= 4 is 19.7 Å². The molecule has 0 aromatic heterocycles. The maximum absolute atomic E-state index is 11.8. The molecule has 0 amide bonds. The van der Waals surface area contributed by atoms with Crippen LogP contribution in [0, 0.1) is 0 Å². The van der Waals surface area contributed by atoms with E-state index in [0.29, 0.717) is 0 Å². The predicted molar refractivity (Wildman–Crippen MR) is 34.3 cm³/mol. The SMILES string of the molecule is C[Si](C)(CCl)C(F)(F)F. The molecule has 5 heteroatoms. The monoisotopic (exact) mass is 176 g/mol. The molecule has 0 N–H and O–H groups in total. The maximum Gasteiger partial charge on any atom is 0.362 e. The second-order valence-corrected chi connectivity index (χ2v) is 7.92. The summed E-state index contributed by atoms with van der Waals surface area (Å²) in [6, 6.07) is 0. The van der Waals surface area contributed by atoms with Gasteiger partial charge in [-0.1, -0.05) is 13.1 Å². The molecule has 9 heavy (non-hydrogen) atoms. The Bertz CT molecular complexity index is 98.5. The van der Waals surface area contributed by atoms with Crippen molar-refractivity contribution in [3.8, 4) is 0 Å². The summed E-state index contributed by atoms with van der Waals surface area (Å²) in [7, 11) is -3.11. The van der Waals surface area contributed by atoms with E-state index in [1.165, 1.54) is 13.1 Å². The summed E-state index contributed by atoms with van der Waals surface area (Å²) in [4.78, 5) is 0. The van der Waals surface area contributed by atoms with Crippen LogP contribution in [0.5, 0.6) is 0 Å². The average Bonchev–Trinajstić information content (AvgIpc) is 1.64. The van der Waals surface area contributed by atoms with E-state index < -0.39 is 13.9 Å². The van der Waals surface area contributed by atoms with Crippen LogP contribution in [0.2, 0.25) is 13.1 Å². The Kier molecular flexibility index (Phi) is 2.58. The van der Waals surface area contributed by atoms with E-state index in [9.17, 15) is 13.2 Å². The third kappa shape index (κ3) is 2.18. The molecule has 0 rings (SSSR count). The van der Waals surface area contributed by atoms with Gasteiger partial charge in [0.2, 0.25) is 0 Å². The number of rotatable bonds is 1. The minimum atomic E-state index is -4.05. The molecular formula is C4H8ClF3Si. The zero-order valence-electron chi connectivity index (χ0n) is 5.22. The summed E-state index contributed by atoms with van der Waals surface area (Å²) in [5.41, 5.74) is -0.253. The van der Waals surface area contributed by atoms with E-state index >= 15 is 0 Å². The predicted octanol–water partition coefficient (Wildman–Crippen LogP) is 2.57. The number of alkyl halides is 4. The van der Waals surface area contributed by atoms with Crippen LogP contribution in [0.3, 0.4) is 0 Å². The summed E-state index contributed by atoms with van der Waals surface area (Å²) in [6.07, 6.45) is 0. The molecule has 0 saturated carbocycles. The molecule has 0 fully saturated rings. The van der Waals surface area contributed by atoms with Gasteiger partial charge in [0.05, 0.1) is 0 Å². The number of hydrogen-bond acceptors (Lipinski definition) is 0. The van der Waals surface area contributed by atoms with Gasteiger partial charge >= 0.3 is 5.80 Å². The van der Waals surface area contributed by atoms with Crippen LogP contribution in [0.15, 0.2) is 0 Å². The zero-order valence-corrected chi connectivity index (χ0v) is 6.97. The van der Waals surface area contributed by atoms with Crippen LogP contribution in [-0.2, 0) is 0 Å². The van der Waals surface area contributed by atoms with Gasteiger partial charge in [0.15, 0.2) is 8.07 Å². The van der Waals surface area contributed by atoms with Crippen LogP contribution in [0.1, 0.15) is 0 Å². The molecular weight excluding hydrogens is 169 g/mol. The van der Waals surface area contributed by atoms with E-state index in [1.54, 1.807) is 0 Å². The van der Waals surface area contributed by atoms with Gasteiger partial charge in [0.25, 0.3) is 0 Å². The summed E-state index contributed by atoms with van der Waals surface area (Å²) in [5.74, 6) is -4.05. The third-order valence-corrected chi connectivity index (χ3v) is 5.31. The zero-order chi connectivity index (χ0) is 7.71. The van der Waals surface area contributed by atoms with Gasteiger partial charge in [0.1, 0.15) is 0 Å². The molecule has 0 unspecified atom stereocenters. The highest BCUT2D eigenvalue weighted by molar-refractivity contribution is 6.84. The van der Waals surface area contributed by atoms with Crippen LogP contribution < -0.4 is 0 Å². The van der Waals surface area contributed by atoms with Gasteiger partial charge < -0.3 is 0 Å². The highest BCUT2D eigenvalue weighted by Gasteiger charge is 2.48. The molecule has 0 aromatic rings. The Morgan fingerprint density at radius 2 is 1.67 bits per heavy atom. The highest BCUT2D eigenvalue weighted by atomic mass is 35.5. The van der Waals surface area contributed by atoms with Gasteiger partial charge in [0, 0.05) is 5.50 Å². The van der Waals surface area contributed by atoms with Crippen LogP contribution in [0.25, 0.3) is 0 Å². The Morgan fingerprint density at radius 3 is 1.67 bits per heavy atom. The molecule has 0 saturated heterocycles. The first-order valence-corrected chi connectivity index (χ1v) is 6.18. The van der Waals surface area contributed by atoms with Crippen molar-refractivity contribution in [1.29, 1.82) is 0 Å². The smallest absolute Gasteiger partial charge is 0.177 e. The molecule has 0 bridgehead atoms. The Balaban J connectivity index is 4.14. The van der Waals surface area contributed by atoms with Gasteiger partial charge in [-0.05, 0) is 0 Å². The normalized spacial score (nSPS) is 14.0. The lowest BCUT2D eigenvalue weighted by Crippen LogP contribution is -2.46. The lowest BCUT2D eigenvalue weighted by Gasteiger charge is -2.21. The standard InChI is InChI=1S/C4H8ClF3Si/c1-9(2,3-5)4(6,7)8/h3H2,1-2H3. The minimum absolute atomic E-state index is 0.253.